The van der Waals surface area contributed by atoms with Gasteiger partial charge < -0.3 is 35.8 Å². The van der Waals surface area contributed by atoms with E-state index < -0.39 is 35.8 Å². The molecule has 0 saturated carbocycles. The number of hydrogen-bond acceptors (Lipinski definition) is 7. The zero-order valence-electron chi connectivity index (χ0n) is 22.5. The highest BCUT2D eigenvalue weighted by molar-refractivity contribution is 6.34. The van der Waals surface area contributed by atoms with Crippen LogP contribution >= 0.6 is 11.6 Å². The normalized spacial score (nSPS) is 11.1. The number of carboxylic acids is 1. The molecule has 3 aromatic carbocycles. The van der Waals surface area contributed by atoms with Gasteiger partial charge in [-0.3, -0.25) is 14.4 Å². The van der Waals surface area contributed by atoms with Gasteiger partial charge in [-0.05, 0) is 48.0 Å². The molecule has 1 atom stereocenters. The molecule has 4 amide bonds. The number of carbonyl (C=O) groups is 5. The summed E-state index contributed by atoms with van der Waals surface area (Å²) in [4.78, 5) is 61.2. The zero-order chi connectivity index (χ0) is 30.5. The minimum absolute atomic E-state index is 0.0533. The van der Waals surface area contributed by atoms with Crippen LogP contribution < -0.4 is 26.0 Å². The second-order valence-electron chi connectivity index (χ2n) is 8.77. The lowest BCUT2D eigenvalue weighted by atomic mass is 10.1. The standard InChI is InChI=1S/C29H29ClN4O8/c1-41-13-12-31-29(40)42-21-9-5-6-18(14-21)16-32-26(36)20-10-11-22(23(30)15-20)27(37)34-24(28(38)39)17-33-25(35)19-7-3-2-4-8-19/h2-11,14-15,24H,12-13,16-17H2,1H3,(H,31,40)(H,32,36)(H,33,35)(H,34,37)(H,38,39). The average molecular weight is 597 g/mol. The molecule has 220 valence electrons. The third-order valence-electron chi connectivity index (χ3n) is 5.72. The highest BCUT2D eigenvalue weighted by Gasteiger charge is 2.23. The van der Waals surface area contributed by atoms with Gasteiger partial charge in [0.1, 0.15) is 11.8 Å². The number of amides is 4. The highest BCUT2D eigenvalue weighted by atomic mass is 35.5. The maximum atomic E-state index is 12.8. The number of methoxy groups -OCH3 is 1. The van der Waals surface area contributed by atoms with Crippen LogP contribution in [0.1, 0.15) is 36.6 Å². The number of benzene rings is 3. The van der Waals surface area contributed by atoms with Crippen molar-refractivity contribution in [2.45, 2.75) is 12.6 Å². The summed E-state index contributed by atoms with van der Waals surface area (Å²) in [5, 5.41) is 19.5. The van der Waals surface area contributed by atoms with Crippen molar-refractivity contribution in [2.75, 3.05) is 26.8 Å². The first kappa shape index (κ1) is 31.6. The van der Waals surface area contributed by atoms with E-state index >= 15 is 0 Å². The Hall–Kier alpha value is -4.94. The number of hydrogen-bond donors (Lipinski definition) is 5. The molecule has 3 rings (SSSR count). The van der Waals surface area contributed by atoms with Crippen molar-refractivity contribution in [3.05, 3.63) is 100 Å². The summed E-state index contributed by atoms with van der Waals surface area (Å²) in [5.41, 5.74) is 1.10. The second-order valence-corrected chi connectivity index (χ2v) is 9.18. The van der Waals surface area contributed by atoms with Gasteiger partial charge in [0.25, 0.3) is 17.7 Å². The van der Waals surface area contributed by atoms with Crippen molar-refractivity contribution in [3.8, 4) is 5.75 Å². The molecule has 0 spiro atoms. The molecule has 0 bridgehead atoms. The molecule has 0 aliphatic carbocycles. The Morgan fingerprint density at radius 2 is 1.57 bits per heavy atom. The molecule has 13 heteroatoms. The van der Waals surface area contributed by atoms with Crippen LogP contribution in [-0.2, 0) is 16.1 Å². The Morgan fingerprint density at radius 1 is 0.833 bits per heavy atom. The van der Waals surface area contributed by atoms with Crippen LogP contribution in [0.25, 0.3) is 0 Å². The van der Waals surface area contributed by atoms with Crippen molar-refractivity contribution in [3.63, 3.8) is 0 Å². The molecule has 3 aromatic rings. The van der Waals surface area contributed by atoms with E-state index in [1.165, 1.54) is 25.3 Å². The molecule has 0 aliphatic rings. The van der Waals surface area contributed by atoms with Crippen LogP contribution in [-0.4, -0.2) is 67.7 Å². The minimum atomic E-state index is -1.43. The van der Waals surface area contributed by atoms with Crippen LogP contribution in [0.5, 0.6) is 5.75 Å². The fourth-order valence-electron chi connectivity index (χ4n) is 3.56. The number of carboxylic acid groups (broad SMARTS) is 1. The van der Waals surface area contributed by atoms with Crippen molar-refractivity contribution >= 4 is 41.4 Å². The van der Waals surface area contributed by atoms with E-state index in [9.17, 15) is 29.1 Å². The maximum absolute atomic E-state index is 12.8. The van der Waals surface area contributed by atoms with Crippen LogP contribution in [0.3, 0.4) is 0 Å². The van der Waals surface area contributed by atoms with Gasteiger partial charge in [0, 0.05) is 37.9 Å². The van der Waals surface area contributed by atoms with E-state index in [4.69, 9.17) is 21.1 Å². The maximum Gasteiger partial charge on any atom is 0.412 e. The van der Waals surface area contributed by atoms with E-state index in [2.05, 4.69) is 21.3 Å². The topological polar surface area (TPSA) is 172 Å². The Labute approximate surface area is 246 Å². The summed E-state index contributed by atoms with van der Waals surface area (Å²) in [7, 11) is 1.51. The monoisotopic (exact) mass is 596 g/mol. The van der Waals surface area contributed by atoms with Crippen LogP contribution in [0, 0.1) is 0 Å². The smallest absolute Gasteiger partial charge is 0.412 e. The van der Waals surface area contributed by atoms with Gasteiger partial charge >= 0.3 is 12.1 Å². The number of halogens is 1. The molecule has 0 aliphatic heterocycles. The molecular formula is C29H29ClN4O8. The van der Waals surface area contributed by atoms with E-state index in [-0.39, 0.29) is 35.0 Å². The molecule has 0 aromatic heterocycles. The third kappa shape index (κ3) is 9.61. The fraction of sp³-hybridized carbons (Fsp3) is 0.207. The summed E-state index contributed by atoms with van der Waals surface area (Å²) in [6.45, 7) is 0.379. The van der Waals surface area contributed by atoms with E-state index in [1.807, 2.05) is 0 Å². The van der Waals surface area contributed by atoms with Crippen molar-refractivity contribution < 1.29 is 38.6 Å². The van der Waals surface area contributed by atoms with Gasteiger partial charge in [-0.25, -0.2) is 9.59 Å². The van der Waals surface area contributed by atoms with Crippen molar-refractivity contribution in [1.82, 2.24) is 21.3 Å². The summed E-state index contributed by atoms with van der Waals surface area (Å²) in [6.07, 6.45) is -0.640. The quantitative estimate of drug-likeness (QED) is 0.187. The van der Waals surface area contributed by atoms with E-state index in [1.54, 1.807) is 54.6 Å². The molecule has 0 heterocycles. The molecule has 5 N–H and O–H groups in total. The molecule has 0 radical (unpaired) electrons. The number of rotatable bonds is 13. The van der Waals surface area contributed by atoms with E-state index in [0.717, 1.165) is 0 Å². The van der Waals surface area contributed by atoms with Crippen LogP contribution in [0.15, 0.2) is 72.8 Å². The Balaban J connectivity index is 1.55. The summed E-state index contributed by atoms with van der Waals surface area (Å²) in [5.74, 6) is -2.84. The Kier molecular flexibility index (Phi) is 11.8. The first-order chi connectivity index (χ1) is 20.2. The molecule has 1 unspecified atom stereocenters. The van der Waals surface area contributed by atoms with E-state index in [0.29, 0.717) is 24.3 Å². The molecule has 12 nitrogen and oxygen atoms in total. The Morgan fingerprint density at radius 3 is 2.26 bits per heavy atom. The van der Waals surface area contributed by atoms with Crippen molar-refractivity contribution in [1.29, 1.82) is 0 Å². The first-order valence-electron chi connectivity index (χ1n) is 12.7. The Bertz CT molecular complexity index is 1430. The average Bonchev–Trinajstić information content (AvgIpc) is 2.98. The molecule has 0 fully saturated rings. The zero-order valence-corrected chi connectivity index (χ0v) is 23.3. The van der Waals surface area contributed by atoms with Gasteiger partial charge in [0.05, 0.1) is 17.2 Å². The molecular weight excluding hydrogens is 568 g/mol. The number of nitrogens with one attached hydrogen (secondary N) is 4. The molecule has 42 heavy (non-hydrogen) atoms. The van der Waals surface area contributed by atoms with Gasteiger partial charge in [0.2, 0.25) is 0 Å². The lowest BCUT2D eigenvalue weighted by Gasteiger charge is -2.16. The number of aliphatic carboxylic acids is 1. The van der Waals surface area contributed by atoms with Crippen LogP contribution in [0.4, 0.5) is 4.79 Å². The van der Waals surface area contributed by atoms with Gasteiger partial charge in [-0.2, -0.15) is 0 Å². The first-order valence-corrected chi connectivity index (χ1v) is 13.0. The third-order valence-corrected chi connectivity index (χ3v) is 6.03. The fourth-order valence-corrected chi connectivity index (χ4v) is 3.83. The summed E-state index contributed by atoms with van der Waals surface area (Å²) >= 11 is 6.25. The SMILES string of the molecule is COCCNC(=O)Oc1cccc(CNC(=O)c2ccc(C(=O)NC(CNC(=O)c3ccccc3)C(=O)O)c(Cl)c2)c1. The molecule has 0 saturated heterocycles. The minimum Gasteiger partial charge on any atom is -0.480 e. The van der Waals surface area contributed by atoms with Crippen molar-refractivity contribution in [2.24, 2.45) is 0 Å². The summed E-state index contributed by atoms with van der Waals surface area (Å²) < 4.78 is 10.1. The number of carbonyl (C=O) groups excluding carboxylic acids is 4. The van der Waals surface area contributed by atoms with Gasteiger partial charge in [0.15, 0.2) is 0 Å². The van der Waals surface area contributed by atoms with Gasteiger partial charge in [-0.1, -0.05) is 41.9 Å². The predicted molar refractivity (Wildman–Crippen MR) is 153 cm³/mol. The predicted octanol–water partition coefficient (Wildman–Crippen LogP) is 2.62. The lowest BCUT2D eigenvalue weighted by Crippen LogP contribution is -2.48. The largest absolute Gasteiger partial charge is 0.480 e. The highest BCUT2D eigenvalue weighted by Crippen LogP contribution is 2.19. The van der Waals surface area contributed by atoms with Crippen LogP contribution in [0.2, 0.25) is 5.02 Å². The van der Waals surface area contributed by atoms with Gasteiger partial charge in [-0.15, -0.1) is 0 Å². The number of ether oxygens (including phenoxy) is 2. The summed E-state index contributed by atoms with van der Waals surface area (Å²) in [6, 6.07) is 17.3. The lowest BCUT2D eigenvalue weighted by molar-refractivity contribution is -0.139. The second kappa shape index (κ2) is 15.7.